The summed E-state index contributed by atoms with van der Waals surface area (Å²) in [5, 5.41) is 7.51. The summed E-state index contributed by atoms with van der Waals surface area (Å²) >= 11 is 1.66. The van der Waals surface area contributed by atoms with Gasteiger partial charge in [0, 0.05) is 25.7 Å². The lowest BCUT2D eigenvalue weighted by Crippen LogP contribution is -2.35. The maximum Gasteiger partial charge on any atom is 0.146 e. The van der Waals surface area contributed by atoms with Crippen LogP contribution in [0, 0.1) is 5.82 Å². The minimum Gasteiger partial charge on any atom is -0.368 e. The Bertz CT molecular complexity index is 573. The summed E-state index contributed by atoms with van der Waals surface area (Å²) in [4.78, 5) is 1.94. The molecule has 0 amide bonds. The Morgan fingerprint density at radius 2 is 1.95 bits per heavy atom. The highest BCUT2D eigenvalue weighted by molar-refractivity contribution is 7.07. The van der Waals surface area contributed by atoms with E-state index in [0.717, 1.165) is 12.1 Å². The van der Waals surface area contributed by atoms with Gasteiger partial charge in [-0.05, 0) is 60.9 Å². The molecule has 0 bridgehead atoms. The molecule has 1 aromatic carbocycles. The first-order valence-electron chi connectivity index (χ1n) is 7.11. The standard InChI is InChI=1S/C17H23FN2S/c1-17(2,3)19-10-13-5-6-16(15(18)9-13)20(4)11-14-7-8-21-12-14/h5-9,12,19H,10-11H2,1-4H3. The SMILES string of the molecule is CN(Cc1ccsc1)c1ccc(CNC(C)(C)C)cc1F. The van der Waals surface area contributed by atoms with E-state index in [9.17, 15) is 4.39 Å². The van der Waals surface area contributed by atoms with Crippen molar-refractivity contribution in [3.8, 4) is 0 Å². The third-order valence-corrected chi connectivity index (χ3v) is 3.98. The number of nitrogens with zero attached hydrogens (tertiary/aromatic N) is 1. The van der Waals surface area contributed by atoms with Gasteiger partial charge in [0.25, 0.3) is 0 Å². The second-order valence-electron chi connectivity index (χ2n) is 6.38. The zero-order valence-corrected chi connectivity index (χ0v) is 13.9. The summed E-state index contributed by atoms with van der Waals surface area (Å²) in [6, 6.07) is 7.54. The van der Waals surface area contributed by atoms with E-state index in [4.69, 9.17) is 0 Å². The normalized spacial score (nSPS) is 11.7. The van der Waals surface area contributed by atoms with Crippen molar-refractivity contribution in [2.24, 2.45) is 0 Å². The highest BCUT2D eigenvalue weighted by atomic mass is 32.1. The predicted molar refractivity (Wildman–Crippen MR) is 89.4 cm³/mol. The zero-order chi connectivity index (χ0) is 15.5. The van der Waals surface area contributed by atoms with Crippen LogP contribution < -0.4 is 10.2 Å². The molecule has 0 atom stereocenters. The molecular weight excluding hydrogens is 283 g/mol. The number of hydrogen-bond donors (Lipinski definition) is 1. The second-order valence-corrected chi connectivity index (χ2v) is 7.16. The summed E-state index contributed by atoms with van der Waals surface area (Å²) in [5.74, 6) is -0.166. The van der Waals surface area contributed by atoms with E-state index in [1.807, 2.05) is 29.5 Å². The van der Waals surface area contributed by atoms with Crippen molar-refractivity contribution in [3.05, 3.63) is 52.0 Å². The van der Waals surface area contributed by atoms with E-state index in [1.54, 1.807) is 17.4 Å². The topological polar surface area (TPSA) is 15.3 Å². The number of rotatable bonds is 5. The first-order chi connectivity index (χ1) is 9.85. The Labute approximate surface area is 130 Å². The van der Waals surface area contributed by atoms with Gasteiger partial charge in [-0.15, -0.1) is 0 Å². The molecule has 2 rings (SSSR count). The van der Waals surface area contributed by atoms with Crippen LogP contribution in [-0.4, -0.2) is 12.6 Å². The average molecular weight is 306 g/mol. The summed E-state index contributed by atoms with van der Waals surface area (Å²) in [6.45, 7) is 7.71. The van der Waals surface area contributed by atoms with Gasteiger partial charge in [0.2, 0.25) is 0 Å². The van der Waals surface area contributed by atoms with Crippen molar-refractivity contribution >= 4 is 17.0 Å². The molecule has 1 N–H and O–H groups in total. The van der Waals surface area contributed by atoms with Gasteiger partial charge < -0.3 is 10.2 Å². The molecule has 0 radical (unpaired) electrons. The van der Waals surface area contributed by atoms with Gasteiger partial charge in [-0.1, -0.05) is 6.07 Å². The second kappa shape index (κ2) is 6.58. The van der Waals surface area contributed by atoms with Gasteiger partial charge in [-0.2, -0.15) is 11.3 Å². The molecule has 0 saturated carbocycles. The lowest BCUT2D eigenvalue weighted by Gasteiger charge is -2.22. The number of benzene rings is 1. The molecule has 0 aliphatic heterocycles. The van der Waals surface area contributed by atoms with Crippen LogP contribution in [0.4, 0.5) is 10.1 Å². The maximum atomic E-state index is 14.3. The predicted octanol–water partition coefficient (Wildman–Crippen LogP) is 4.41. The molecule has 0 saturated heterocycles. The quantitative estimate of drug-likeness (QED) is 0.880. The molecule has 1 aromatic heterocycles. The molecule has 0 fully saturated rings. The van der Waals surface area contributed by atoms with Crippen LogP contribution in [0.5, 0.6) is 0 Å². The van der Waals surface area contributed by atoms with Gasteiger partial charge in [-0.3, -0.25) is 0 Å². The van der Waals surface area contributed by atoms with E-state index < -0.39 is 0 Å². The Kier molecular flexibility index (Phi) is 5.01. The van der Waals surface area contributed by atoms with Gasteiger partial charge in [0.15, 0.2) is 0 Å². The highest BCUT2D eigenvalue weighted by Gasteiger charge is 2.12. The number of halogens is 1. The van der Waals surface area contributed by atoms with Crippen molar-refractivity contribution in [1.82, 2.24) is 5.32 Å². The van der Waals surface area contributed by atoms with Crippen LogP contribution in [0.2, 0.25) is 0 Å². The largest absolute Gasteiger partial charge is 0.368 e. The first-order valence-corrected chi connectivity index (χ1v) is 8.05. The zero-order valence-electron chi connectivity index (χ0n) is 13.1. The third kappa shape index (κ3) is 4.83. The van der Waals surface area contributed by atoms with Gasteiger partial charge >= 0.3 is 0 Å². The van der Waals surface area contributed by atoms with Crippen LogP contribution in [0.3, 0.4) is 0 Å². The summed E-state index contributed by atoms with van der Waals surface area (Å²) in [5.41, 5.74) is 2.85. The molecule has 0 aliphatic carbocycles. The molecule has 0 spiro atoms. The molecule has 114 valence electrons. The fourth-order valence-corrected chi connectivity index (χ4v) is 2.74. The molecule has 21 heavy (non-hydrogen) atoms. The number of nitrogens with one attached hydrogen (secondary N) is 1. The van der Waals surface area contributed by atoms with E-state index in [-0.39, 0.29) is 11.4 Å². The van der Waals surface area contributed by atoms with Crippen LogP contribution >= 0.6 is 11.3 Å². The Hall–Kier alpha value is -1.39. The minimum absolute atomic E-state index is 0.0326. The van der Waals surface area contributed by atoms with Crippen LogP contribution in [0.1, 0.15) is 31.9 Å². The molecule has 2 nitrogen and oxygen atoms in total. The summed E-state index contributed by atoms with van der Waals surface area (Å²) in [7, 11) is 1.92. The third-order valence-electron chi connectivity index (χ3n) is 3.25. The van der Waals surface area contributed by atoms with E-state index >= 15 is 0 Å². The van der Waals surface area contributed by atoms with E-state index in [2.05, 4.69) is 37.5 Å². The van der Waals surface area contributed by atoms with Gasteiger partial charge in [-0.25, -0.2) is 4.39 Å². The van der Waals surface area contributed by atoms with Crippen molar-refractivity contribution in [2.45, 2.75) is 39.4 Å². The van der Waals surface area contributed by atoms with Crippen molar-refractivity contribution < 1.29 is 4.39 Å². The fraction of sp³-hybridized carbons (Fsp3) is 0.412. The Balaban J connectivity index is 2.04. The molecule has 4 heteroatoms. The number of thiophene rings is 1. The molecule has 1 heterocycles. The van der Waals surface area contributed by atoms with Crippen LogP contribution in [0.25, 0.3) is 0 Å². The van der Waals surface area contributed by atoms with Crippen molar-refractivity contribution in [1.29, 1.82) is 0 Å². The Morgan fingerprint density at radius 1 is 1.19 bits per heavy atom. The monoisotopic (exact) mass is 306 g/mol. The number of hydrogen-bond acceptors (Lipinski definition) is 3. The van der Waals surface area contributed by atoms with Crippen molar-refractivity contribution in [3.63, 3.8) is 0 Å². The smallest absolute Gasteiger partial charge is 0.146 e. The van der Waals surface area contributed by atoms with Gasteiger partial charge in [0.1, 0.15) is 5.82 Å². The minimum atomic E-state index is -0.166. The van der Waals surface area contributed by atoms with E-state index in [0.29, 0.717) is 12.2 Å². The summed E-state index contributed by atoms with van der Waals surface area (Å²) < 4.78 is 14.3. The maximum absolute atomic E-state index is 14.3. The molecule has 0 aliphatic rings. The summed E-state index contributed by atoms with van der Waals surface area (Å²) in [6.07, 6.45) is 0. The van der Waals surface area contributed by atoms with Crippen LogP contribution in [-0.2, 0) is 13.1 Å². The lowest BCUT2D eigenvalue weighted by molar-refractivity contribution is 0.423. The molecule has 2 aromatic rings. The Morgan fingerprint density at radius 3 is 2.52 bits per heavy atom. The number of anilines is 1. The highest BCUT2D eigenvalue weighted by Crippen LogP contribution is 2.22. The fourth-order valence-electron chi connectivity index (χ4n) is 2.08. The average Bonchev–Trinajstić information content (AvgIpc) is 2.88. The molecular formula is C17H23FN2S. The van der Waals surface area contributed by atoms with Gasteiger partial charge in [0.05, 0.1) is 5.69 Å². The first kappa shape index (κ1) is 16.0. The van der Waals surface area contributed by atoms with E-state index in [1.165, 1.54) is 5.56 Å². The van der Waals surface area contributed by atoms with Crippen LogP contribution in [0.15, 0.2) is 35.0 Å². The van der Waals surface area contributed by atoms with Crippen molar-refractivity contribution in [2.75, 3.05) is 11.9 Å². The lowest BCUT2D eigenvalue weighted by atomic mass is 10.1. The molecule has 0 unspecified atom stereocenters.